The predicted octanol–water partition coefficient (Wildman–Crippen LogP) is 3.16. The zero-order valence-electron chi connectivity index (χ0n) is 11.8. The molecule has 0 atom stereocenters. The number of carbonyl (C=O) groups excluding carboxylic acids is 1. The number of hydrogen-bond acceptors (Lipinski definition) is 3. The summed E-state index contributed by atoms with van der Waals surface area (Å²) in [6.07, 6.45) is 5.05. The Morgan fingerprint density at radius 2 is 2.10 bits per heavy atom. The Hall–Kier alpha value is -2.17. The smallest absolute Gasteiger partial charge is 0.270 e. The first kappa shape index (κ1) is 15.9. The van der Waals surface area contributed by atoms with Crippen molar-refractivity contribution < 1.29 is 9.72 Å². The summed E-state index contributed by atoms with van der Waals surface area (Å²) in [6.45, 7) is 4.85. The summed E-state index contributed by atoms with van der Waals surface area (Å²) in [6, 6.07) is 6.17. The third-order valence-electron chi connectivity index (χ3n) is 3.23. The third-order valence-corrected chi connectivity index (χ3v) is 3.23. The minimum Gasteiger partial charge on any atom is -0.352 e. The number of rotatable bonds is 7. The highest BCUT2D eigenvalue weighted by Crippen LogP contribution is 2.14. The van der Waals surface area contributed by atoms with E-state index in [0.717, 1.165) is 12.8 Å². The largest absolute Gasteiger partial charge is 0.352 e. The van der Waals surface area contributed by atoms with Crippen molar-refractivity contribution >= 4 is 17.7 Å². The van der Waals surface area contributed by atoms with Crippen molar-refractivity contribution in [1.29, 1.82) is 0 Å². The molecule has 0 aliphatic carbocycles. The fourth-order valence-electron chi connectivity index (χ4n) is 1.80. The Morgan fingerprint density at radius 3 is 2.70 bits per heavy atom. The van der Waals surface area contributed by atoms with E-state index in [1.165, 1.54) is 18.2 Å². The summed E-state index contributed by atoms with van der Waals surface area (Å²) in [7, 11) is 0. The van der Waals surface area contributed by atoms with E-state index in [-0.39, 0.29) is 11.6 Å². The van der Waals surface area contributed by atoms with Gasteiger partial charge in [0, 0.05) is 24.8 Å². The number of nitrogens with zero attached hydrogens (tertiary/aromatic N) is 1. The normalized spacial score (nSPS) is 10.9. The van der Waals surface area contributed by atoms with Crippen LogP contribution in [0.25, 0.3) is 6.08 Å². The van der Waals surface area contributed by atoms with Gasteiger partial charge in [-0.2, -0.15) is 0 Å². The highest BCUT2D eigenvalue weighted by Gasteiger charge is 2.05. The first-order chi connectivity index (χ1) is 9.56. The molecule has 1 aromatic carbocycles. The van der Waals surface area contributed by atoms with Crippen LogP contribution < -0.4 is 5.32 Å². The maximum absolute atomic E-state index is 11.6. The van der Waals surface area contributed by atoms with Gasteiger partial charge in [0.2, 0.25) is 5.91 Å². The van der Waals surface area contributed by atoms with Crippen molar-refractivity contribution in [3.05, 3.63) is 46.0 Å². The van der Waals surface area contributed by atoms with Gasteiger partial charge in [-0.25, -0.2) is 0 Å². The van der Waals surface area contributed by atoms with E-state index in [2.05, 4.69) is 19.2 Å². The van der Waals surface area contributed by atoms with Gasteiger partial charge >= 0.3 is 0 Å². The molecule has 0 heterocycles. The Balaban J connectivity index is 2.57. The molecule has 1 aromatic rings. The number of nitrogens with one attached hydrogen (secondary N) is 1. The molecule has 5 heteroatoms. The second kappa shape index (κ2) is 8.09. The van der Waals surface area contributed by atoms with Gasteiger partial charge in [0.25, 0.3) is 5.69 Å². The fraction of sp³-hybridized carbons (Fsp3) is 0.400. The average Bonchev–Trinajstić information content (AvgIpc) is 2.46. The van der Waals surface area contributed by atoms with E-state index in [9.17, 15) is 14.9 Å². The number of nitro groups is 1. The van der Waals surface area contributed by atoms with Gasteiger partial charge < -0.3 is 5.32 Å². The highest BCUT2D eigenvalue weighted by atomic mass is 16.6. The first-order valence-corrected chi connectivity index (χ1v) is 6.77. The van der Waals surface area contributed by atoms with Gasteiger partial charge in [-0.1, -0.05) is 38.8 Å². The SMILES string of the molecule is CCC(CC)CNC(=O)/C=C/c1cccc([N+](=O)[O-])c1. The summed E-state index contributed by atoms with van der Waals surface area (Å²) in [5.74, 6) is 0.313. The molecular weight excluding hydrogens is 256 g/mol. The third kappa shape index (κ3) is 5.22. The minimum absolute atomic E-state index is 0.0181. The second-order valence-electron chi connectivity index (χ2n) is 4.61. The lowest BCUT2D eigenvalue weighted by atomic mass is 10.0. The van der Waals surface area contributed by atoms with E-state index in [1.54, 1.807) is 18.2 Å². The lowest BCUT2D eigenvalue weighted by Crippen LogP contribution is -2.27. The number of benzene rings is 1. The number of hydrogen-bond donors (Lipinski definition) is 1. The standard InChI is InChI=1S/C15H20N2O3/c1-3-12(4-2)11-16-15(18)9-8-13-6-5-7-14(10-13)17(19)20/h5-10,12H,3-4,11H2,1-2H3,(H,16,18)/b9-8+. The number of amides is 1. The van der Waals surface area contributed by atoms with Gasteiger partial charge in [-0.15, -0.1) is 0 Å². The van der Waals surface area contributed by atoms with Crippen molar-refractivity contribution in [1.82, 2.24) is 5.32 Å². The van der Waals surface area contributed by atoms with Gasteiger partial charge in [-0.05, 0) is 17.6 Å². The number of nitro benzene ring substituents is 1. The average molecular weight is 276 g/mol. The summed E-state index contributed by atoms with van der Waals surface area (Å²) in [5, 5.41) is 13.5. The van der Waals surface area contributed by atoms with Crippen molar-refractivity contribution in [2.75, 3.05) is 6.54 Å². The summed E-state index contributed by atoms with van der Waals surface area (Å²) >= 11 is 0. The molecule has 0 fully saturated rings. The zero-order valence-corrected chi connectivity index (χ0v) is 11.8. The van der Waals surface area contributed by atoms with Crippen LogP contribution in [0.15, 0.2) is 30.3 Å². The van der Waals surface area contributed by atoms with E-state index < -0.39 is 4.92 Å². The van der Waals surface area contributed by atoms with Crippen LogP contribution in [0.4, 0.5) is 5.69 Å². The molecule has 0 radical (unpaired) electrons. The van der Waals surface area contributed by atoms with Crippen LogP contribution in [-0.2, 0) is 4.79 Å². The van der Waals surface area contributed by atoms with E-state index in [4.69, 9.17) is 0 Å². The molecule has 0 saturated heterocycles. The minimum atomic E-state index is -0.454. The van der Waals surface area contributed by atoms with Crippen LogP contribution >= 0.6 is 0 Å². The summed E-state index contributed by atoms with van der Waals surface area (Å²) in [4.78, 5) is 21.8. The molecule has 0 aliphatic rings. The maximum atomic E-state index is 11.6. The quantitative estimate of drug-likeness (QED) is 0.472. The van der Waals surface area contributed by atoms with E-state index in [0.29, 0.717) is 18.0 Å². The Kier molecular flexibility index (Phi) is 6.43. The van der Waals surface area contributed by atoms with Crippen LogP contribution in [0.1, 0.15) is 32.3 Å². The number of non-ortho nitro benzene ring substituents is 1. The lowest BCUT2D eigenvalue weighted by Gasteiger charge is -2.11. The van der Waals surface area contributed by atoms with Crippen molar-refractivity contribution in [2.24, 2.45) is 5.92 Å². The van der Waals surface area contributed by atoms with Crippen LogP contribution in [0, 0.1) is 16.0 Å². The molecule has 0 saturated carbocycles. The highest BCUT2D eigenvalue weighted by molar-refractivity contribution is 5.91. The number of carbonyl (C=O) groups is 1. The Labute approximate surface area is 118 Å². The first-order valence-electron chi connectivity index (χ1n) is 6.77. The fourth-order valence-corrected chi connectivity index (χ4v) is 1.80. The van der Waals surface area contributed by atoms with Gasteiger partial charge in [0.1, 0.15) is 0 Å². The van der Waals surface area contributed by atoms with Gasteiger partial charge in [0.15, 0.2) is 0 Å². The molecule has 0 bridgehead atoms. The molecule has 0 aromatic heterocycles. The topological polar surface area (TPSA) is 72.2 Å². The van der Waals surface area contributed by atoms with Crippen LogP contribution in [0.3, 0.4) is 0 Å². The summed E-state index contributed by atoms with van der Waals surface area (Å²) in [5.41, 5.74) is 0.654. The monoisotopic (exact) mass is 276 g/mol. The molecule has 1 rings (SSSR count). The van der Waals surface area contributed by atoms with E-state index >= 15 is 0 Å². The summed E-state index contributed by atoms with van der Waals surface area (Å²) < 4.78 is 0. The molecule has 0 aliphatic heterocycles. The molecule has 108 valence electrons. The molecule has 20 heavy (non-hydrogen) atoms. The Bertz CT molecular complexity index is 494. The van der Waals surface area contributed by atoms with Crippen LogP contribution in [-0.4, -0.2) is 17.4 Å². The maximum Gasteiger partial charge on any atom is 0.270 e. The van der Waals surface area contributed by atoms with Crippen LogP contribution in [0.5, 0.6) is 0 Å². The molecule has 1 amide bonds. The van der Waals surface area contributed by atoms with Crippen molar-refractivity contribution in [3.63, 3.8) is 0 Å². The van der Waals surface area contributed by atoms with Crippen molar-refractivity contribution in [2.45, 2.75) is 26.7 Å². The van der Waals surface area contributed by atoms with Gasteiger partial charge in [0.05, 0.1) is 4.92 Å². The molecule has 5 nitrogen and oxygen atoms in total. The predicted molar refractivity (Wildman–Crippen MR) is 79.2 cm³/mol. The Morgan fingerprint density at radius 1 is 1.40 bits per heavy atom. The molecule has 0 unspecified atom stereocenters. The molecular formula is C15H20N2O3. The van der Waals surface area contributed by atoms with Gasteiger partial charge in [-0.3, -0.25) is 14.9 Å². The van der Waals surface area contributed by atoms with Crippen molar-refractivity contribution in [3.8, 4) is 0 Å². The molecule has 0 spiro atoms. The second-order valence-corrected chi connectivity index (χ2v) is 4.61. The van der Waals surface area contributed by atoms with Crippen LogP contribution in [0.2, 0.25) is 0 Å². The molecule has 1 N–H and O–H groups in total. The zero-order chi connectivity index (χ0) is 15.0. The van der Waals surface area contributed by atoms with E-state index in [1.807, 2.05) is 0 Å². The lowest BCUT2D eigenvalue weighted by molar-refractivity contribution is -0.384.